The lowest BCUT2D eigenvalue weighted by molar-refractivity contribution is 0.0918. The van der Waals surface area contributed by atoms with Crippen molar-refractivity contribution in [1.82, 2.24) is 20.1 Å². The van der Waals surface area contributed by atoms with E-state index in [-0.39, 0.29) is 11.9 Å². The van der Waals surface area contributed by atoms with Gasteiger partial charge in [0.05, 0.1) is 10.7 Å². The molecule has 2 heterocycles. The van der Waals surface area contributed by atoms with Crippen LogP contribution in [0.25, 0.3) is 0 Å². The maximum atomic E-state index is 12.4. The highest BCUT2D eigenvalue weighted by Crippen LogP contribution is 2.30. The Labute approximate surface area is 150 Å². The molecule has 24 heavy (non-hydrogen) atoms. The number of carbonyl (C=O) groups is 1. The molecule has 1 aromatic carbocycles. The smallest absolute Gasteiger partial charge is 0.289 e. The van der Waals surface area contributed by atoms with Crippen LogP contribution in [0.5, 0.6) is 0 Å². The lowest BCUT2D eigenvalue weighted by Crippen LogP contribution is -2.48. The molecule has 2 aromatic rings. The summed E-state index contributed by atoms with van der Waals surface area (Å²) in [5, 5.41) is 8.40. The topological polar surface area (TPSA) is 63.1 Å². The molecule has 1 saturated heterocycles. The highest BCUT2D eigenvalue weighted by atomic mass is 35.5. The number of aromatic nitrogens is 3. The second kappa shape index (κ2) is 6.99. The summed E-state index contributed by atoms with van der Waals surface area (Å²) >= 11 is 12.3. The molecule has 0 bridgehead atoms. The Morgan fingerprint density at radius 2 is 2.17 bits per heavy atom. The number of hydrogen-bond acceptors (Lipinski definition) is 4. The second-order valence-corrected chi connectivity index (χ2v) is 6.80. The van der Waals surface area contributed by atoms with Crippen molar-refractivity contribution in [2.75, 3.05) is 18.0 Å². The first-order chi connectivity index (χ1) is 11.4. The summed E-state index contributed by atoms with van der Waals surface area (Å²) in [6.07, 6.45) is 1.89. The van der Waals surface area contributed by atoms with Crippen LogP contribution in [0.1, 0.15) is 29.3 Å². The molecule has 1 unspecified atom stereocenters. The van der Waals surface area contributed by atoms with Gasteiger partial charge in [-0.25, -0.2) is 9.67 Å². The van der Waals surface area contributed by atoms with E-state index in [2.05, 4.69) is 20.3 Å². The average molecular weight is 368 g/mol. The van der Waals surface area contributed by atoms with E-state index in [0.29, 0.717) is 28.2 Å². The summed E-state index contributed by atoms with van der Waals surface area (Å²) in [5.41, 5.74) is 0.939. The second-order valence-electron chi connectivity index (χ2n) is 5.96. The molecule has 8 heteroatoms. The van der Waals surface area contributed by atoms with Crippen molar-refractivity contribution < 1.29 is 4.79 Å². The van der Waals surface area contributed by atoms with Crippen LogP contribution in [0.15, 0.2) is 18.2 Å². The molecule has 1 aromatic heterocycles. The summed E-state index contributed by atoms with van der Waals surface area (Å²) < 4.78 is 1.50. The summed E-state index contributed by atoms with van der Waals surface area (Å²) in [6, 6.07) is 5.52. The molecule has 1 aliphatic heterocycles. The predicted molar refractivity (Wildman–Crippen MR) is 94.9 cm³/mol. The number of halogens is 2. The summed E-state index contributed by atoms with van der Waals surface area (Å²) in [4.78, 5) is 18.7. The molecule has 0 spiro atoms. The Bertz CT molecular complexity index is 761. The standard InChI is InChI=1S/C16H19Cl2N5O/c1-10-19-15(22(2)21-10)16(24)20-12-4-3-7-23(9-12)14-6-5-11(17)8-13(14)18/h5-6,8,12H,3-4,7,9H2,1-2H3,(H,20,24). The number of nitrogens with zero attached hydrogens (tertiary/aromatic N) is 4. The van der Waals surface area contributed by atoms with Gasteiger partial charge in [0.25, 0.3) is 5.91 Å². The first kappa shape index (κ1) is 17.0. The van der Waals surface area contributed by atoms with E-state index in [1.54, 1.807) is 20.0 Å². The zero-order valence-corrected chi connectivity index (χ0v) is 15.1. The number of hydrogen-bond donors (Lipinski definition) is 1. The number of carbonyl (C=O) groups excluding carboxylic acids is 1. The number of piperidine rings is 1. The van der Waals surface area contributed by atoms with Crippen LogP contribution in [0.4, 0.5) is 5.69 Å². The van der Waals surface area contributed by atoms with Gasteiger partial charge in [-0.1, -0.05) is 23.2 Å². The predicted octanol–water partition coefficient (Wildman–Crippen LogP) is 2.83. The fourth-order valence-corrected chi connectivity index (χ4v) is 3.54. The van der Waals surface area contributed by atoms with Gasteiger partial charge in [0.15, 0.2) is 0 Å². The van der Waals surface area contributed by atoms with E-state index >= 15 is 0 Å². The van der Waals surface area contributed by atoms with Crippen molar-refractivity contribution in [3.63, 3.8) is 0 Å². The molecule has 128 valence electrons. The molecule has 1 amide bonds. The molecular weight excluding hydrogens is 349 g/mol. The zero-order chi connectivity index (χ0) is 17.3. The molecule has 1 atom stereocenters. The van der Waals surface area contributed by atoms with E-state index in [4.69, 9.17) is 23.2 Å². The van der Waals surface area contributed by atoms with Gasteiger partial charge >= 0.3 is 0 Å². The molecule has 1 N–H and O–H groups in total. The summed E-state index contributed by atoms with van der Waals surface area (Å²) in [6.45, 7) is 3.36. The maximum Gasteiger partial charge on any atom is 0.289 e. The molecule has 1 fully saturated rings. The average Bonchev–Trinajstić information content (AvgIpc) is 2.86. The summed E-state index contributed by atoms with van der Waals surface area (Å²) in [5.74, 6) is 0.710. The molecular formula is C16H19Cl2N5O. The number of amides is 1. The normalized spacial score (nSPS) is 17.8. The highest BCUT2D eigenvalue weighted by Gasteiger charge is 2.25. The Hall–Kier alpha value is -1.79. The van der Waals surface area contributed by atoms with Crippen LogP contribution in [-0.2, 0) is 7.05 Å². The molecule has 0 saturated carbocycles. The first-order valence-electron chi connectivity index (χ1n) is 7.82. The van der Waals surface area contributed by atoms with Gasteiger partial charge in [-0.05, 0) is 38.0 Å². The van der Waals surface area contributed by atoms with Crippen molar-refractivity contribution in [3.8, 4) is 0 Å². The van der Waals surface area contributed by atoms with E-state index in [1.807, 2.05) is 12.1 Å². The molecule has 0 radical (unpaired) electrons. The fourth-order valence-electron chi connectivity index (χ4n) is 3.01. The quantitative estimate of drug-likeness (QED) is 0.905. The van der Waals surface area contributed by atoms with Crippen molar-refractivity contribution in [2.45, 2.75) is 25.8 Å². The van der Waals surface area contributed by atoms with E-state index in [9.17, 15) is 4.79 Å². The van der Waals surface area contributed by atoms with Crippen molar-refractivity contribution >= 4 is 34.8 Å². The monoisotopic (exact) mass is 367 g/mol. The lowest BCUT2D eigenvalue weighted by Gasteiger charge is -2.35. The Balaban J connectivity index is 1.69. The van der Waals surface area contributed by atoms with Crippen LogP contribution in [0, 0.1) is 6.92 Å². The number of rotatable bonds is 3. The largest absolute Gasteiger partial charge is 0.368 e. The molecule has 3 rings (SSSR count). The van der Waals surface area contributed by atoms with E-state index in [1.165, 1.54) is 4.68 Å². The van der Waals surface area contributed by atoms with Crippen LogP contribution in [0.3, 0.4) is 0 Å². The van der Waals surface area contributed by atoms with E-state index < -0.39 is 0 Å². The molecule has 6 nitrogen and oxygen atoms in total. The number of nitrogens with one attached hydrogen (secondary N) is 1. The minimum Gasteiger partial charge on any atom is -0.368 e. The van der Waals surface area contributed by atoms with Gasteiger partial charge in [-0.3, -0.25) is 4.79 Å². The van der Waals surface area contributed by atoms with Crippen LogP contribution in [-0.4, -0.2) is 39.8 Å². The third kappa shape index (κ3) is 3.65. The lowest BCUT2D eigenvalue weighted by atomic mass is 10.0. The maximum absolute atomic E-state index is 12.4. The van der Waals surface area contributed by atoms with Gasteiger partial charge in [0.2, 0.25) is 5.82 Å². The van der Waals surface area contributed by atoms with Gasteiger partial charge in [0.1, 0.15) is 5.82 Å². The zero-order valence-electron chi connectivity index (χ0n) is 13.6. The van der Waals surface area contributed by atoms with Crippen molar-refractivity contribution in [2.24, 2.45) is 7.05 Å². The fraction of sp³-hybridized carbons (Fsp3) is 0.438. The van der Waals surface area contributed by atoms with Crippen molar-refractivity contribution in [1.29, 1.82) is 0 Å². The van der Waals surface area contributed by atoms with E-state index in [0.717, 1.165) is 25.1 Å². The minimum atomic E-state index is -0.202. The van der Waals surface area contributed by atoms with Crippen LogP contribution >= 0.6 is 23.2 Å². The van der Waals surface area contributed by atoms with Gasteiger partial charge in [-0.2, -0.15) is 5.10 Å². The Morgan fingerprint density at radius 1 is 1.38 bits per heavy atom. The molecule has 0 aliphatic carbocycles. The first-order valence-corrected chi connectivity index (χ1v) is 8.58. The Morgan fingerprint density at radius 3 is 2.83 bits per heavy atom. The number of benzene rings is 1. The SMILES string of the molecule is Cc1nc(C(=O)NC2CCCN(c3ccc(Cl)cc3Cl)C2)n(C)n1. The Kier molecular flexibility index (Phi) is 4.96. The van der Waals surface area contributed by atoms with Crippen molar-refractivity contribution in [3.05, 3.63) is 39.9 Å². The van der Waals surface area contributed by atoms with Crippen LogP contribution in [0.2, 0.25) is 10.0 Å². The van der Waals surface area contributed by atoms with Gasteiger partial charge in [0, 0.05) is 31.2 Å². The van der Waals surface area contributed by atoms with Gasteiger partial charge in [-0.15, -0.1) is 0 Å². The highest BCUT2D eigenvalue weighted by molar-refractivity contribution is 6.36. The van der Waals surface area contributed by atoms with Gasteiger partial charge < -0.3 is 10.2 Å². The number of anilines is 1. The summed E-state index contributed by atoms with van der Waals surface area (Å²) in [7, 11) is 1.72. The minimum absolute atomic E-state index is 0.0370. The number of aryl methyl sites for hydroxylation is 2. The van der Waals surface area contributed by atoms with Crippen LogP contribution < -0.4 is 10.2 Å². The third-order valence-electron chi connectivity index (χ3n) is 4.08. The molecule has 1 aliphatic rings. The third-order valence-corrected chi connectivity index (χ3v) is 4.62.